The van der Waals surface area contributed by atoms with Crippen LogP contribution in [-0.4, -0.2) is 24.1 Å². The molecule has 0 aromatic carbocycles. The molecule has 150 valence electrons. The molecule has 4 fully saturated rings. The molecule has 4 atom stereocenters. The smallest absolute Gasteiger partial charge is 0.344 e. The highest BCUT2D eigenvalue weighted by molar-refractivity contribution is 5.88. The zero-order chi connectivity index (χ0) is 19.4. The lowest BCUT2D eigenvalue weighted by atomic mass is 9.63. The highest BCUT2D eigenvalue weighted by Crippen LogP contribution is 2.80. The van der Waals surface area contributed by atoms with Gasteiger partial charge in [0.1, 0.15) is 5.60 Å². The minimum Gasteiger partial charge on any atom is -0.456 e. The van der Waals surface area contributed by atoms with E-state index in [9.17, 15) is 9.59 Å². The van der Waals surface area contributed by atoms with Gasteiger partial charge in [0, 0.05) is 17.4 Å². The van der Waals surface area contributed by atoms with Crippen LogP contribution in [-0.2, 0) is 19.1 Å². The quantitative estimate of drug-likeness (QED) is 0.512. The lowest BCUT2D eigenvalue weighted by Gasteiger charge is -2.47. The van der Waals surface area contributed by atoms with Crippen molar-refractivity contribution in [1.29, 1.82) is 0 Å². The molecular weight excluding hydrogens is 340 g/mol. The molecular formula is C23H34O4. The average Bonchev–Trinajstić information content (AvgIpc) is 3.23. The number of carbonyl (C=O) groups is 2. The Hall–Kier alpha value is -1.32. The van der Waals surface area contributed by atoms with E-state index in [1.807, 2.05) is 0 Å². The molecule has 27 heavy (non-hydrogen) atoms. The maximum absolute atomic E-state index is 12.8. The van der Waals surface area contributed by atoms with Crippen LogP contribution < -0.4 is 0 Å². The molecule has 0 N–H and O–H groups in total. The molecule has 4 aliphatic rings. The Morgan fingerprint density at radius 1 is 1.04 bits per heavy atom. The SMILES string of the molecule is C=C(C)C(=O)OCC(=O)OC1(C2CCCCC2)C2CC(C)(C)CC3(C2)CC31. The Bertz CT molecular complexity index is 659. The Labute approximate surface area is 163 Å². The number of esters is 2. The molecule has 4 saturated carbocycles. The lowest BCUT2D eigenvalue weighted by Crippen LogP contribution is -2.51. The fourth-order valence-electron chi connectivity index (χ4n) is 7.22. The summed E-state index contributed by atoms with van der Waals surface area (Å²) in [5.41, 5.74) is 0.719. The third kappa shape index (κ3) is 3.13. The first kappa shape index (κ1) is 19.0. The predicted molar refractivity (Wildman–Crippen MR) is 103 cm³/mol. The Kier molecular flexibility index (Phi) is 4.47. The van der Waals surface area contributed by atoms with Gasteiger partial charge in [-0.2, -0.15) is 0 Å². The fourth-order valence-corrected chi connectivity index (χ4v) is 7.22. The van der Waals surface area contributed by atoms with Crippen LogP contribution in [0.2, 0.25) is 0 Å². The van der Waals surface area contributed by atoms with Gasteiger partial charge in [-0.25, -0.2) is 9.59 Å². The molecule has 4 nitrogen and oxygen atoms in total. The first-order chi connectivity index (χ1) is 12.7. The summed E-state index contributed by atoms with van der Waals surface area (Å²) < 4.78 is 11.5. The van der Waals surface area contributed by atoms with Crippen molar-refractivity contribution in [1.82, 2.24) is 0 Å². The molecule has 1 spiro atoms. The summed E-state index contributed by atoms with van der Waals surface area (Å²) >= 11 is 0. The molecule has 0 amide bonds. The van der Waals surface area contributed by atoms with Crippen LogP contribution in [0.25, 0.3) is 0 Å². The van der Waals surface area contributed by atoms with Crippen molar-refractivity contribution >= 4 is 11.9 Å². The Balaban J connectivity index is 1.56. The molecule has 4 rings (SSSR count). The molecule has 0 radical (unpaired) electrons. The van der Waals surface area contributed by atoms with E-state index in [0.717, 1.165) is 6.42 Å². The van der Waals surface area contributed by atoms with Crippen molar-refractivity contribution in [3.63, 3.8) is 0 Å². The highest BCUT2D eigenvalue weighted by Gasteiger charge is 2.78. The van der Waals surface area contributed by atoms with Gasteiger partial charge >= 0.3 is 11.9 Å². The largest absolute Gasteiger partial charge is 0.456 e. The minimum absolute atomic E-state index is 0.296. The molecule has 2 bridgehead atoms. The van der Waals surface area contributed by atoms with Crippen LogP contribution in [0.5, 0.6) is 0 Å². The number of hydrogen-bond donors (Lipinski definition) is 0. The van der Waals surface area contributed by atoms with Crippen molar-refractivity contribution in [2.45, 2.75) is 84.2 Å². The van der Waals surface area contributed by atoms with Crippen molar-refractivity contribution in [3.05, 3.63) is 12.2 Å². The van der Waals surface area contributed by atoms with E-state index >= 15 is 0 Å². The summed E-state index contributed by atoms with van der Waals surface area (Å²) in [4.78, 5) is 24.4. The normalized spacial score (nSPS) is 39.4. The van der Waals surface area contributed by atoms with E-state index in [4.69, 9.17) is 9.47 Å². The van der Waals surface area contributed by atoms with Crippen LogP contribution >= 0.6 is 0 Å². The van der Waals surface area contributed by atoms with Gasteiger partial charge in [-0.05, 0) is 62.2 Å². The van der Waals surface area contributed by atoms with Crippen molar-refractivity contribution < 1.29 is 19.1 Å². The van der Waals surface area contributed by atoms with Gasteiger partial charge in [-0.15, -0.1) is 0 Å². The van der Waals surface area contributed by atoms with Gasteiger partial charge in [0.2, 0.25) is 0 Å². The molecule has 4 heteroatoms. The lowest BCUT2D eigenvalue weighted by molar-refractivity contribution is -0.187. The van der Waals surface area contributed by atoms with Crippen molar-refractivity contribution in [2.24, 2.45) is 28.6 Å². The van der Waals surface area contributed by atoms with Crippen LogP contribution in [0, 0.1) is 28.6 Å². The number of carbonyl (C=O) groups excluding carboxylic acids is 2. The zero-order valence-corrected chi connectivity index (χ0v) is 17.1. The second-order valence-corrected chi connectivity index (χ2v) is 10.6. The van der Waals surface area contributed by atoms with E-state index in [2.05, 4.69) is 20.4 Å². The molecule has 0 heterocycles. The number of rotatable bonds is 5. The number of fused-ring (bicyclic) bond motifs is 1. The van der Waals surface area contributed by atoms with Crippen LogP contribution in [0.4, 0.5) is 0 Å². The van der Waals surface area contributed by atoms with Gasteiger partial charge in [0.05, 0.1) is 0 Å². The van der Waals surface area contributed by atoms with Crippen LogP contribution in [0.3, 0.4) is 0 Å². The second kappa shape index (κ2) is 6.35. The minimum atomic E-state index is -0.521. The Morgan fingerprint density at radius 3 is 2.41 bits per heavy atom. The summed E-state index contributed by atoms with van der Waals surface area (Å²) in [6.07, 6.45) is 10.9. The molecule has 0 saturated heterocycles. The molecule has 0 aromatic heterocycles. The van der Waals surface area contributed by atoms with E-state index in [1.54, 1.807) is 6.92 Å². The third-order valence-corrected chi connectivity index (χ3v) is 7.86. The maximum atomic E-state index is 12.8. The topological polar surface area (TPSA) is 52.6 Å². The second-order valence-electron chi connectivity index (χ2n) is 10.6. The van der Waals surface area contributed by atoms with Gasteiger partial charge in [0.15, 0.2) is 6.61 Å². The van der Waals surface area contributed by atoms with Gasteiger partial charge in [-0.1, -0.05) is 39.7 Å². The number of ether oxygens (including phenoxy) is 2. The fraction of sp³-hybridized carbons (Fsp3) is 0.826. The molecule has 4 unspecified atom stereocenters. The third-order valence-electron chi connectivity index (χ3n) is 7.86. The summed E-state index contributed by atoms with van der Waals surface area (Å²) in [5.74, 6) is 0.556. The summed E-state index contributed by atoms with van der Waals surface area (Å²) in [6.45, 7) is 9.63. The first-order valence-corrected chi connectivity index (χ1v) is 10.7. The van der Waals surface area contributed by atoms with Gasteiger partial charge in [-0.3, -0.25) is 0 Å². The van der Waals surface area contributed by atoms with Gasteiger partial charge < -0.3 is 9.47 Å². The molecule has 0 aromatic rings. The maximum Gasteiger partial charge on any atom is 0.344 e. The van der Waals surface area contributed by atoms with Crippen LogP contribution in [0.1, 0.15) is 78.6 Å². The monoisotopic (exact) mass is 374 g/mol. The Morgan fingerprint density at radius 2 is 1.74 bits per heavy atom. The summed E-state index contributed by atoms with van der Waals surface area (Å²) in [7, 11) is 0. The average molecular weight is 375 g/mol. The van der Waals surface area contributed by atoms with Gasteiger partial charge in [0.25, 0.3) is 0 Å². The van der Waals surface area contributed by atoms with Crippen LogP contribution in [0.15, 0.2) is 12.2 Å². The summed E-state index contributed by atoms with van der Waals surface area (Å²) in [6, 6.07) is 0. The van der Waals surface area contributed by atoms with E-state index in [0.29, 0.717) is 34.2 Å². The molecule has 4 aliphatic carbocycles. The van der Waals surface area contributed by atoms with Crippen molar-refractivity contribution in [2.75, 3.05) is 6.61 Å². The standard InChI is InChI=1S/C23H34O4/c1-15(2)20(25)26-13-19(24)27-23(16-8-6-5-7-9-16)17-10-21(3,4)14-22(11-17)12-18(22)23/h16-18H,1,5-14H2,2-4H3. The van der Waals surface area contributed by atoms with Crippen molar-refractivity contribution in [3.8, 4) is 0 Å². The predicted octanol–water partition coefficient (Wildman–Crippen LogP) is 4.81. The summed E-state index contributed by atoms with van der Waals surface area (Å²) in [5, 5.41) is 0. The zero-order valence-electron chi connectivity index (χ0n) is 17.1. The number of hydrogen-bond acceptors (Lipinski definition) is 4. The first-order valence-electron chi connectivity index (χ1n) is 10.7. The molecule has 0 aliphatic heterocycles. The van der Waals surface area contributed by atoms with E-state index in [-0.39, 0.29) is 18.2 Å². The van der Waals surface area contributed by atoms with E-state index in [1.165, 1.54) is 51.4 Å². The van der Waals surface area contributed by atoms with E-state index < -0.39 is 5.97 Å². The highest BCUT2D eigenvalue weighted by atomic mass is 16.6.